The van der Waals surface area contributed by atoms with Gasteiger partial charge in [0.05, 0.1) is 0 Å². The van der Waals surface area contributed by atoms with Crippen molar-refractivity contribution in [1.82, 2.24) is 4.90 Å². The zero-order valence-electron chi connectivity index (χ0n) is 7.89. The third-order valence-electron chi connectivity index (χ3n) is 1.93. The van der Waals surface area contributed by atoms with E-state index in [0.29, 0.717) is 0 Å². The topological polar surface area (TPSA) is 29.3 Å². The van der Waals surface area contributed by atoms with Gasteiger partial charge in [-0.2, -0.15) is 0 Å². The Hall–Kier alpha value is -0.920. The third kappa shape index (κ3) is 2.66. The van der Waals surface area contributed by atoms with Gasteiger partial charge in [-0.05, 0) is 20.3 Å². The second-order valence-corrected chi connectivity index (χ2v) is 2.50. The van der Waals surface area contributed by atoms with Gasteiger partial charge in [-0.15, -0.1) is 0 Å². The molecule has 0 radical (unpaired) electrons. The van der Waals surface area contributed by atoms with E-state index in [-0.39, 0.29) is 0 Å². The van der Waals surface area contributed by atoms with E-state index >= 15 is 0 Å². The highest BCUT2D eigenvalue weighted by Crippen LogP contribution is 2.10. The van der Waals surface area contributed by atoms with Gasteiger partial charge in [0.1, 0.15) is 0 Å². The molecule has 0 spiro atoms. The van der Waals surface area contributed by atoms with E-state index < -0.39 is 0 Å². The van der Waals surface area contributed by atoms with Crippen molar-refractivity contribution in [1.29, 1.82) is 0 Å². The SMILES string of the molecule is C/C=C(/C)N(C)/C(=C\N)CC. The van der Waals surface area contributed by atoms with Crippen LogP contribution < -0.4 is 5.73 Å². The smallest absolute Gasteiger partial charge is 0.0326 e. The molecule has 0 aliphatic rings. The Morgan fingerprint density at radius 1 is 1.55 bits per heavy atom. The van der Waals surface area contributed by atoms with E-state index in [0.717, 1.165) is 12.1 Å². The molecule has 0 heterocycles. The van der Waals surface area contributed by atoms with Crippen LogP contribution in [0.15, 0.2) is 23.7 Å². The van der Waals surface area contributed by atoms with E-state index in [1.165, 1.54) is 5.70 Å². The average molecular weight is 154 g/mol. The van der Waals surface area contributed by atoms with Gasteiger partial charge in [-0.1, -0.05) is 13.0 Å². The highest BCUT2D eigenvalue weighted by molar-refractivity contribution is 5.08. The summed E-state index contributed by atoms with van der Waals surface area (Å²) in [5, 5.41) is 0. The standard InChI is InChI=1S/C9H18N2/c1-5-8(3)11(4)9(6-2)7-10/h5,7H,6,10H2,1-4H3/b8-5-,9-7-. The van der Waals surface area contributed by atoms with Gasteiger partial charge in [-0.3, -0.25) is 0 Å². The van der Waals surface area contributed by atoms with Crippen LogP contribution in [0.25, 0.3) is 0 Å². The second kappa shape index (κ2) is 4.83. The van der Waals surface area contributed by atoms with Crippen LogP contribution in [0.2, 0.25) is 0 Å². The van der Waals surface area contributed by atoms with Crippen LogP contribution in [-0.4, -0.2) is 11.9 Å². The van der Waals surface area contributed by atoms with Gasteiger partial charge in [0, 0.05) is 24.6 Å². The van der Waals surface area contributed by atoms with Crippen LogP contribution in [0, 0.1) is 0 Å². The molecule has 0 aliphatic heterocycles. The predicted molar refractivity (Wildman–Crippen MR) is 49.8 cm³/mol. The molecule has 2 heteroatoms. The van der Waals surface area contributed by atoms with E-state index in [1.807, 2.05) is 14.0 Å². The fourth-order valence-corrected chi connectivity index (χ4v) is 0.887. The molecule has 0 fully saturated rings. The molecule has 2 nitrogen and oxygen atoms in total. The summed E-state index contributed by atoms with van der Waals surface area (Å²) in [6, 6.07) is 0. The van der Waals surface area contributed by atoms with Crippen molar-refractivity contribution in [3.63, 3.8) is 0 Å². The predicted octanol–water partition coefficient (Wildman–Crippen LogP) is 2.05. The Kier molecular flexibility index (Phi) is 4.42. The molecule has 0 amide bonds. The van der Waals surface area contributed by atoms with Gasteiger partial charge < -0.3 is 10.6 Å². The third-order valence-corrected chi connectivity index (χ3v) is 1.93. The first-order valence-electron chi connectivity index (χ1n) is 3.94. The maximum atomic E-state index is 5.45. The molecule has 2 N–H and O–H groups in total. The van der Waals surface area contributed by atoms with Crippen molar-refractivity contribution < 1.29 is 0 Å². The fraction of sp³-hybridized carbons (Fsp3) is 0.556. The van der Waals surface area contributed by atoms with Crippen molar-refractivity contribution in [2.45, 2.75) is 27.2 Å². The first kappa shape index (κ1) is 10.1. The first-order chi connectivity index (χ1) is 5.17. The summed E-state index contributed by atoms with van der Waals surface area (Å²) in [5.41, 5.74) is 7.82. The van der Waals surface area contributed by atoms with Crippen molar-refractivity contribution in [3.8, 4) is 0 Å². The van der Waals surface area contributed by atoms with Crippen molar-refractivity contribution in [2.75, 3.05) is 7.05 Å². The lowest BCUT2D eigenvalue weighted by Gasteiger charge is -2.21. The summed E-state index contributed by atoms with van der Waals surface area (Å²) in [5.74, 6) is 0. The number of hydrogen-bond acceptors (Lipinski definition) is 2. The molecule has 0 aliphatic carbocycles. The van der Waals surface area contributed by atoms with Crippen LogP contribution in [0.1, 0.15) is 27.2 Å². The Bertz CT molecular complexity index is 168. The van der Waals surface area contributed by atoms with Gasteiger partial charge >= 0.3 is 0 Å². The molecule has 0 rings (SSSR count). The number of hydrogen-bond donors (Lipinski definition) is 1. The lowest BCUT2D eigenvalue weighted by molar-refractivity contribution is 0.499. The zero-order valence-corrected chi connectivity index (χ0v) is 7.89. The summed E-state index contributed by atoms with van der Waals surface area (Å²) < 4.78 is 0. The molecule has 0 bridgehead atoms. The quantitative estimate of drug-likeness (QED) is 0.674. The minimum absolute atomic E-state index is 0.970. The Balaban J connectivity index is 4.34. The summed E-state index contributed by atoms with van der Waals surface area (Å²) in [4.78, 5) is 2.10. The summed E-state index contributed by atoms with van der Waals surface area (Å²) >= 11 is 0. The van der Waals surface area contributed by atoms with Crippen LogP contribution >= 0.6 is 0 Å². The molecule has 0 aromatic rings. The minimum atomic E-state index is 0.970. The van der Waals surface area contributed by atoms with Gasteiger partial charge in [-0.25, -0.2) is 0 Å². The zero-order chi connectivity index (χ0) is 8.85. The largest absolute Gasteiger partial charge is 0.403 e. The lowest BCUT2D eigenvalue weighted by atomic mass is 10.3. The normalized spacial score (nSPS) is 13.5. The Morgan fingerprint density at radius 3 is 2.36 bits per heavy atom. The Morgan fingerprint density at radius 2 is 2.09 bits per heavy atom. The molecule has 0 saturated carbocycles. The second-order valence-electron chi connectivity index (χ2n) is 2.50. The Labute approximate surface area is 69.4 Å². The van der Waals surface area contributed by atoms with Crippen molar-refractivity contribution in [2.24, 2.45) is 5.73 Å². The van der Waals surface area contributed by atoms with Crippen LogP contribution in [0.5, 0.6) is 0 Å². The maximum Gasteiger partial charge on any atom is 0.0326 e. The summed E-state index contributed by atoms with van der Waals surface area (Å²) in [6.45, 7) is 6.19. The number of rotatable bonds is 3. The van der Waals surface area contributed by atoms with Gasteiger partial charge in [0.25, 0.3) is 0 Å². The number of nitrogens with two attached hydrogens (primary N) is 1. The minimum Gasteiger partial charge on any atom is -0.403 e. The van der Waals surface area contributed by atoms with Crippen LogP contribution in [0.3, 0.4) is 0 Å². The fourth-order valence-electron chi connectivity index (χ4n) is 0.887. The molecule has 0 saturated heterocycles. The number of nitrogens with zero attached hydrogens (tertiary/aromatic N) is 1. The van der Waals surface area contributed by atoms with E-state index in [4.69, 9.17) is 5.73 Å². The molecular formula is C9H18N2. The lowest BCUT2D eigenvalue weighted by Crippen LogP contribution is -2.15. The van der Waals surface area contributed by atoms with Crippen molar-refractivity contribution >= 4 is 0 Å². The maximum absolute atomic E-state index is 5.45. The van der Waals surface area contributed by atoms with Gasteiger partial charge in [0.15, 0.2) is 0 Å². The molecule has 0 atom stereocenters. The summed E-state index contributed by atoms with van der Waals surface area (Å²) in [7, 11) is 2.03. The van der Waals surface area contributed by atoms with E-state index in [9.17, 15) is 0 Å². The van der Waals surface area contributed by atoms with Crippen molar-refractivity contribution in [3.05, 3.63) is 23.7 Å². The molecular weight excluding hydrogens is 136 g/mol. The highest BCUT2D eigenvalue weighted by Gasteiger charge is 2.01. The first-order valence-corrected chi connectivity index (χ1v) is 3.94. The monoisotopic (exact) mass is 154 g/mol. The molecule has 64 valence electrons. The van der Waals surface area contributed by atoms with Gasteiger partial charge in [0.2, 0.25) is 0 Å². The number of allylic oxidation sites excluding steroid dienone is 3. The van der Waals surface area contributed by atoms with Crippen LogP contribution in [-0.2, 0) is 0 Å². The average Bonchev–Trinajstić information content (AvgIpc) is 2.05. The highest BCUT2D eigenvalue weighted by atomic mass is 15.1. The van der Waals surface area contributed by atoms with E-state index in [1.54, 1.807) is 6.20 Å². The molecule has 0 unspecified atom stereocenters. The molecule has 11 heavy (non-hydrogen) atoms. The van der Waals surface area contributed by atoms with Crippen LogP contribution in [0.4, 0.5) is 0 Å². The molecule has 0 aromatic carbocycles. The summed E-state index contributed by atoms with van der Waals surface area (Å²) in [6.07, 6.45) is 4.70. The molecule has 0 aromatic heterocycles. The van der Waals surface area contributed by atoms with E-state index in [2.05, 4.69) is 24.8 Å².